The maximum atomic E-state index is 12.2. The summed E-state index contributed by atoms with van der Waals surface area (Å²) in [5, 5.41) is 7.16. The normalized spacial score (nSPS) is 11.6. The van der Waals surface area contributed by atoms with Crippen molar-refractivity contribution in [2.24, 2.45) is 5.41 Å². The zero-order chi connectivity index (χ0) is 17.4. The van der Waals surface area contributed by atoms with Crippen LogP contribution in [0.5, 0.6) is 0 Å². The summed E-state index contributed by atoms with van der Waals surface area (Å²) in [6.07, 6.45) is 0.611. The first-order valence-corrected chi connectivity index (χ1v) is 7.61. The van der Waals surface area contributed by atoms with Gasteiger partial charge in [-0.05, 0) is 20.3 Å². The van der Waals surface area contributed by atoms with Crippen molar-refractivity contribution in [3.05, 3.63) is 33.4 Å². The van der Waals surface area contributed by atoms with Crippen molar-refractivity contribution in [3.63, 3.8) is 0 Å². The Kier molecular flexibility index (Phi) is 4.40. The van der Waals surface area contributed by atoms with Gasteiger partial charge in [0.2, 0.25) is 11.9 Å². The first-order chi connectivity index (χ1) is 10.6. The Morgan fingerprint density at radius 1 is 1.35 bits per heavy atom. The number of aromatic nitrogens is 4. The number of carbonyl (C=O) groups is 1. The number of aromatic amines is 1. The van der Waals surface area contributed by atoms with Gasteiger partial charge in [0.1, 0.15) is 5.82 Å². The van der Waals surface area contributed by atoms with Gasteiger partial charge in [0, 0.05) is 22.7 Å². The van der Waals surface area contributed by atoms with E-state index in [4.69, 9.17) is 0 Å². The SMILES string of the molecule is CCc1c(C)nc(-n2nc(C)cc2NC(=O)C(C)(C)C)[nH]c1=O. The number of amides is 1. The van der Waals surface area contributed by atoms with Gasteiger partial charge in [-0.2, -0.15) is 9.78 Å². The molecule has 2 heterocycles. The molecule has 2 aromatic rings. The van der Waals surface area contributed by atoms with E-state index in [0.717, 1.165) is 0 Å². The molecule has 7 heteroatoms. The van der Waals surface area contributed by atoms with Gasteiger partial charge in [-0.1, -0.05) is 27.7 Å². The van der Waals surface area contributed by atoms with Crippen LogP contribution in [0, 0.1) is 19.3 Å². The average molecular weight is 317 g/mol. The summed E-state index contributed by atoms with van der Waals surface area (Å²) in [5.74, 6) is 0.638. The highest BCUT2D eigenvalue weighted by Gasteiger charge is 2.23. The molecule has 0 saturated carbocycles. The number of rotatable bonds is 3. The summed E-state index contributed by atoms with van der Waals surface area (Å²) in [7, 11) is 0. The molecule has 0 unspecified atom stereocenters. The Labute approximate surface area is 135 Å². The summed E-state index contributed by atoms with van der Waals surface area (Å²) in [6.45, 7) is 11.0. The summed E-state index contributed by atoms with van der Waals surface area (Å²) in [4.78, 5) is 31.5. The van der Waals surface area contributed by atoms with Gasteiger partial charge in [-0.3, -0.25) is 14.6 Å². The fourth-order valence-electron chi connectivity index (χ4n) is 2.17. The predicted octanol–water partition coefficient (Wildman–Crippen LogP) is 2.12. The van der Waals surface area contributed by atoms with E-state index in [1.54, 1.807) is 13.0 Å². The summed E-state index contributed by atoms with van der Waals surface area (Å²) in [5.41, 5.74) is 1.31. The van der Waals surface area contributed by atoms with Crippen molar-refractivity contribution in [2.45, 2.75) is 48.0 Å². The van der Waals surface area contributed by atoms with E-state index in [-0.39, 0.29) is 11.5 Å². The number of nitrogens with zero attached hydrogens (tertiary/aromatic N) is 3. The highest BCUT2D eigenvalue weighted by molar-refractivity contribution is 5.94. The van der Waals surface area contributed by atoms with Crippen molar-refractivity contribution in [2.75, 3.05) is 5.32 Å². The molecule has 0 atom stereocenters. The maximum absolute atomic E-state index is 12.2. The standard InChI is InChI=1S/C16H23N5O2/c1-7-11-10(3)17-15(19-13(11)22)21-12(8-9(2)20-21)18-14(23)16(4,5)6/h8H,7H2,1-6H3,(H,18,23)(H,17,19,22). The van der Waals surface area contributed by atoms with Gasteiger partial charge in [-0.25, -0.2) is 4.98 Å². The van der Waals surface area contributed by atoms with Crippen LogP contribution in [0.2, 0.25) is 0 Å². The second-order valence-electron chi connectivity index (χ2n) is 6.59. The molecule has 0 aliphatic rings. The Hall–Kier alpha value is -2.44. The zero-order valence-electron chi connectivity index (χ0n) is 14.4. The summed E-state index contributed by atoms with van der Waals surface area (Å²) < 4.78 is 1.45. The average Bonchev–Trinajstić information content (AvgIpc) is 2.78. The second kappa shape index (κ2) is 5.98. The van der Waals surface area contributed by atoms with Crippen LogP contribution in [0.15, 0.2) is 10.9 Å². The number of hydrogen-bond donors (Lipinski definition) is 2. The first-order valence-electron chi connectivity index (χ1n) is 7.61. The van der Waals surface area contributed by atoms with E-state index in [1.807, 2.05) is 34.6 Å². The first kappa shape index (κ1) is 16.9. The maximum Gasteiger partial charge on any atom is 0.255 e. The molecule has 2 aromatic heterocycles. The lowest BCUT2D eigenvalue weighted by Gasteiger charge is -2.18. The lowest BCUT2D eigenvalue weighted by atomic mass is 9.96. The minimum atomic E-state index is -0.536. The third-order valence-corrected chi connectivity index (χ3v) is 3.52. The quantitative estimate of drug-likeness (QED) is 0.907. The van der Waals surface area contributed by atoms with Crippen molar-refractivity contribution in [1.29, 1.82) is 0 Å². The van der Waals surface area contributed by atoms with E-state index in [1.165, 1.54) is 4.68 Å². The van der Waals surface area contributed by atoms with Gasteiger partial charge in [0.05, 0.1) is 5.69 Å². The van der Waals surface area contributed by atoms with Crippen LogP contribution in [0.1, 0.15) is 44.6 Å². The van der Waals surface area contributed by atoms with Crippen molar-refractivity contribution in [3.8, 4) is 5.95 Å². The van der Waals surface area contributed by atoms with E-state index >= 15 is 0 Å². The van der Waals surface area contributed by atoms with Crippen molar-refractivity contribution < 1.29 is 4.79 Å². The van der Waals surface area contributed by atoms with Crippen molar-refractivity contribution in [1.82, 2.24) is 19.7 Å². The molecule has 0 aromatic carbocycles. The third kappa shape index (κ3) is 3.49. The largest absolute Gasteiger partial charge is 0.310 e. The van der Waals surface area contributed by atoms with E-state index in [2.05, 4.69) is 20.4 Å². The molecule has 23 heavy (non-hydrogen) atoms. The molecule has 0 aliphatic carbocycles. The molecule has 0 fully saturated rings. The molecule has 0 radical (unpaired) electrons. The van der Waals surface area contributed by atoms with Crippen LogP contribution in [0.3, 0.4) is 0 Å². The molecule has 7 nitrogen and oxygen atoms in total. The van der Waals surface area contributed by atoms with Crippen molar-refractivity contribution >= 4 is 11.7 Å². The molecule has 1 amide bonds. The van der Waals surface area contributed by atoms with Gasteiger partial charge < -0.3 is 5.32 Å². The van der Waals surface area contributed by atoms with Crippen LogP contribution in [-0.4, -0.2) is 25.7 Å². The summed E-state index contributed by atoms with van der Waals surface area (Å²) in [6, 6.07) is 1.74. The summed E-state index contributed by atoms with van der Waals surface area (Å²) >= 11 is 0. The Morgan fingerprint density at radius 3 is 2.52 bits per heavy atom. The number of aryl methyl sites for hydroxylation is 2. The third-order valence-electron chi connectivity index (χ3n) is 3.52. The van der Waals surface area contributed by atoms with Crippen LogP contribution >= 0.6 is 0 Å². The minimum Gasteiger partial charge on any atom is -0.310 e. The molecule has 2 N–H and O–H groups in total. The van der Waals surface area contributed by atoms with Crippen LogP contribution in [0.25, 0.3) is 5.95 Å². The molecular weight excluding hydrogens is 294 g/mol. The molecule has 0 aliphatic heterocycles. The fourth-order valence-corrected chi connectivity index (χ4v) is 2.17. The lowest BCUT2D eigenvalue weighted by Crippen LogP contribution is -2.29. The molecular formula is C16H23N5O2. The number of H-pyrrole nitrogens is 1. The molecule has 0 spiro atoms. The highest BCUT2D eigenvalue weighted by atomic mass is 16.2. The van der Waals surface area contributed by atoms with Gasteiger partial charge in [0.15, 0.2) is 0 Å². The lowest BCUT2D eigenvalue weighted by molar-refractivity contribution is -0.123. The Morgan fingerprint density at radius 2 is 2.00 bits per heavy atom. The molecule has 0 saturated heterocycles. The fraction of sp³-hybridized carbons (Fsp3) is 0.500. The predicted molar refractivity (Wildman–Crippen MR) is 88.9 cm³/mol. The molecule has 124 valence electrons. The number of carbonyl (C=O) groups excluding carboxylic acids is 1. The smallest absolute Gasteiger partial charge is 0.255 e. The number of hydrogen-bond acceptors (Lipinski definition) is 4. The topological polar surface area (TPSA) is 92.7 Å². The van der Waals surface area contributed by atoms with Gasteiger partial charge in [-0.15, -0.1) is 0 Å². The Balaban J connectivity index is 2.49. The molecule has 0 bridgehead atoms. The van der Waals surface area contributed by atoms with Crippen LogP contribution in [0.4, 0.5) is 5.82 Å². The Bertz CT molecular complexity index is 796. The monoisotopic (exact) mass is 317 g/mol. The van der Waals surface area contributed by atoms with Crippen LogP contribution in [-0.2, 0) is 11.2 Å². The van der Waals surface area contributed by atoms with Gasteiger partial charge in [0.25, 0.3) is 5.56 Å². The van der Waals surface area contributed by atoms with E-state index in [0.29, 0.717) is 35.1 Å². The number of anilines is 1. The minimum absolute atomic E-state index is 0.136. The van der Waals surface area contributed by atoms with E-state index < -0.39 is 5.41 Å². The zero-order valence-corrected chi connectivity index (χ0v) is 14.4. The van der Waals surface area contributed by atoms with E-state index in [9.17, 15) is 9.59 Å². The van der Waals surface area contributed by atoms with Gasteiger partial charge >= 0.3 is 0 Å². The second-order valence-corrected chi connectivity index (χ2v) is 6.59. The number of nitrogens with one attached hydrogen (secondary N) is 2. The molecule has 2 rings (SSSR count). The highest BCUT2D eigenvalue weighted by Crippen LogP contribution is 2.19. The van der Waals surface area contributed by atoms with Crippen LogP contribution < -0.4 is 10.9 Å².